The molecule has 0 bridgehead atoms. The van der Waals surface area contributed by atoms with Crippen LogP contribution < -0.4 is 11.1 Å². The quantitative estimate of drug-likeness (QED) is 0.0416. The van der Waals surface area contributed by atoms with Gasteiger partial charge in [0.15, 0.2) is 21.3 Å². The third kappa shape index (κ3) is 35.4. The Morgan fingerprint density at radius 2 is 0.867 bits per heavy atom. The summed E-state index contributed by atoms with van der Waals surface area (Å²) in [4.78, 5) is 8.88. The van der Waals surface area contributed by atoms with E-state index in [-0.39, 0.29) is 224 Å². The lowest BCUT2D eigenvalue weighted by Gasteiger charge is -2.60. The van der Waals surface area contributed by atoms with Gasteiger partial charge >= 0.3 is 0 Å². The number of hydrogen-bond donors (Lipinski definition) is 2. The first-order chi connectivity index (χ1) is 45.7. The second-order valence-electron chi connectivity index (χ2n) is 18.7. The molecule has 3 N–H and O–H groups in total. The number of halogens is 1. The third-order valence-electron chi connectivity index (χ3n) is 11.8. The van der Waals surface area contributed by atoms with E-state index in [4.69, 9.17) is 14.9 Å². The fraction of sp³-hybridized carbons (Fsp3) is 0.333. The van der Waals surface area contributed by atoms with Crippen molar-refractivity contribution in [3.8, 4) is 34.3 Å². The number of nitrogens with zero attached hydrogens (tertiary/aromatic N) is 4. The first-order valence-corrected chi connectivity index (χ1v) is 135. The normalized spacial score (nSPS) is 16.2. The molecule has 560 valence electrons. The molecule has 36 atom stereocenters. The number of nitrogens with one attached hydrogen (secondary N) is 1. The lowest BCUT2D eigenvalue weighted by atomic mass is 10.1. The SMILES string of the molecule is CC(CCF)S(=O)(=O)c1ccc(-c2cnc(N)c(-c3nnc(-c4ccc(CN[C@H]5CCOC5)cc4)o3)n2)cc1.PPP(P)P(P(P(P)P)P(P)P)P(P(P(P(P)P)P(P)P)P(P(P)P)P(P)P)P(P(P(P(P)P)P(P)P)P(P(P)P)P(P)P)P(P(P(P)P)P(P)P)P(P(P)P)P(P)P. The van der Waals surface area contributed by atoms with E-state index < -0.39 is 21.8 Å². The van der Waals surface area contributed by atoms with Crippen molar-refractivity contribution in [2.75, 3.05) is 25.6 Å². The van der Waals surface area contributed by atoms with Crippen LogP contribution >= 0.6 is 471 Å². The number of nitrogen functional groups attached to an aromatic ring is 1. The molecule has 0 amide bonds. The highest BCUT2D eigenvalue weighted by atomic mass is 33.6. The van der Waals surface area contributed by atoms with Crippen molar-refractivity contribution >= 4 is 487 Å². The summed E-state index contributed by atoms with van der Waals surface area (Å²) in [6, 6.07) is 14.4. The Morgan fingerprint density at radius 3 is 1.21 bits per heavy atom. The molecule has 0 radical (unpaired) electrons. The van der Waals surface area contributed by atoms with Crippen LogP contribution in [0.25, 0.3) is 34.3 Å². The minimum absolute atomic E-state index is 0.0549. The van der Waals surface area contributed by atoms with Gasteiger partial charge in [0.1, 0.15) is 0 Å². The molecule has 1 saturated heterocycles. The van der Waals surface area contributed by atoms with Crippen LogP contribution in [0.5, 0.6) is 0 Å². The zero-order valence-electron chi connectivity index (χ0n) is 51.7. The van der Waals surface area contributed by atoms with Gasteiger partial charge in [-0.1, -0.05) is 32.2 Å². The summed E-state index contributed by atoms with van der Waals surface area (Å²) in [5, 5.41) is 10.9. The fourth-order valence-electron chi connectivity index (χ4n) is 7.71. The second kappa shape index (κ2) is 58.4. The minimum atomic E-state index is -3.63. The van der Waals surface area contributed by atoms with E-state index in [2.05, 4.69) is 293 Å². The molecule has 4 aromatic rings. The van der Waals surface area contributed by atoms with Gasteiger partial charge in [0.25, 0.3) is 5.89 Å². The van der Waals surface area contributed by atoms with Gasteiger partial charge in [-0.3, -0.25) is 4.39 Å². The summed E-state index contributed by atoms with van der Waals surface area (Å²) in [6.45, 7) is -2.89. The maximum Gasteiger partial charge on any atom is 0.270 e. The highest BCUT2D eigenvalue weighted by Crippen LogP contribution is 3.48. The largest absolute Gasteiger partial charge is 0.414 e. The van der Waals surface area contributed by atoms with Gasteiger partial charge in [-0.15, -0.1) is 278 Å². The van der Waals surface area contributed by atoms with E-state index in [1.807, 2.05) is 24.3 Å². The van der Waals surface area contributed by atoms with Crippen LogP contribution in [0.3, 0.4) is 0 Å². The number of aromatic nitrogens is 4. The number of rotatable bonds is 38. The highest BCUT2D eigenvalue weighted by molar-refractivity contribution is 9.54. The standard InChI is InChI=1S/C27H29FN6O4S.H61P59/c1-17(10-12-28)39(35,36)22-8-6-19(7-9-22)23-15-31-25(29)24(32-23)27-34-33-26(38-27)20-4-2-18(3-5-20)14-30-21-11-13-37-16-21;1-31-46(30)54(47(32(2)3)33(4)5)58(55(48(34(6)7)35(8)9)49(36(10)11)37(12)13)59(56(50(38(14)15)39(16)17)51(40(18)19)41(20)21)57(52(42(22)23)43(24)25)53(44(26)27)45(28)29/h2-9,15,17,21,30H,10-14,16H2,1H3,(H2,29,31);31H,1-30H2/t17?,21-;/m0./s1. The molecule has 0 aliphatic carbocycles. The van der Waals surface area contributed by atoms with Crippen molar-refractivity contribution in [2.45, 2.75) is 42.5 Å². The topological polar surface area (TPSA) is 146 Å². The van der Waals surface area contributed by atoms with Gasteiger partial charge in [0.2, 0.25) is 5.89 Å². The average Bonchev–Trinajstić information content (AvgIpc) is 0.776. The number of anilines is 1. The average molecular weight is 2440 g/mol. The van der Waals surface area contributed by atoms with Crippen molar-refractivity contribution in [1.29, 1.82) is 0 Å². The summed E-state index contributed by atoms with van der Waals surface area (Å²) in [5.41, 5.74) is 9.24. The van der Waals surface area contributed by atoms with E-state index in [0.29, 0.717) is 23.2 Å². The molecule has 3 heterocycles. The van der Waals surface area contributed by atoms with E-state index in [9.17, 15) is 12.8 Å². The minimum Gasteiger partial charge on any atom is -0.414 e. The van der Waals surface area contributed by atoms with Crippen LogP contribution in [0, 0.1) is 0 Å². The Bertz CT molecular complexity index is 2910. The van der Waals surface area contributed by atoms with E-state index in [1.54, 1.807) is 12.1 Å². The van der Waals surface area contributed by atoms with Gasteiger partial charge < -0.3 is 20.2 Å². The van der Waals surface area contributed by atoms with Crippen LogP contribution in [-0.4, -0.2) is 59.8 Å². The molecule has 0 spiro atoms. The summed E-state index contributed by atoms with van der Waals surface area (Å²) < 4.78 is 49.2. The van der Waals surface area contributed by atoms with Crippen LogP contribution in [-0.2, 0) is 21.1 Å². The monoisotopic (exact) mass is 2440 g/mol. The molecule has 98 heavy (non-hydrogen) atoms. The van der Waals surface area contributed by atoms with E-state index >= 15 is 0 Å². The number of benzene rings is 2. The zero-order chi connectivity index (χ0) is 74.3. The van der Waals surface area contributed by atoms with E-state index in [0.717, 1.165) is 45.3 Å². The first-order valence-electron chi connectivity index (χ1n) is 26.0. The molecule has 2 aromatic carbocycles. The maximum atomic E-state index is 12.7. The highest BCUT2D eigenvalue weighted by Gasteiger charge is 2.61. The lowest BCUT2D eigenvalue weighted by Crippen LogP contribution is -2.28. The molecule has 5 rings (SSSR count). The van der Waals surface area contributed by atoms with Gasteiger partial charge in [0.05, 0.1) is 35.3 Å². The van der Waals surface area contributed by atoms with Crippen LogP contribution in [0.15, 0.2) is 64.0 Å². The molecule has 71 heteroatoms. The molecule has 0 saturated carbocycles. The molecule has 1 fully saturated rings. The van der Waals surface area contributed by atoms with Crippen molar-refractivity contribution in [1.82, 2.24) is 25.5 Å². The Morgan fingerprint density at radius 1 is 0.520 bits per heavy atom. The second-order valence-corrected chi connectivity index (χ2v) is 262. The van der Waals surface area contributed by atoms with E-state index in [1.165, 1.54) is 25.3 Å². The maximum absolute atomic E-state index is 12.7. The van der Waals surface area contributed by atoms with Crippen LogP contribution in [0.4, 0.5) is 10.2 Å². The van der Waals surface area contributed by atoms with Crippen molar-refractivity contribution in [3.63, 3.8) is 0 Å². The third-order valence-corrected chi connectivity index (χ3v) is 425. The summed E-state index contributed by atoms with van der Waals surface area (Å²) in [5.74, 6) is 0.547. The fourth-order valence-corrected chi connectivity index (χ4v) is 855. The number of sulfone groups is 1. The van der Waals surface area contributed by atoms with Gasteiger partial charge in [-0.2, -0.15) is 0 Å². The summed E-state index contributed by atoms with van der Waals surface area (Å²) in [7, 11) is 104. The summed E-state index contributed by atoms with van der Waals surface area (Å²) >= 11 is 0. The van der Waals surface area contributed by atoms with Crippen LogP contribution in [0.2, 0.25) is 0 Å². The number of nitrogens with two attached hydrogens (primary N) is 1. The number of alkyl halides is 1. The molecular formula is C27H90FN6O4P59S. The van der Waals surface area contributed by atoms with Crippen molar-refractivity contribution in [3.05, 3.63) is 60.3 Å². The lowest BCUT2D eigenvalue weighted by molar-refractivity contribution is 0.190. The molecule has 10 nitrogen and oxygen atoms in total. The molecular weight excluding hydrogens is 2350 g/mol. The Kier molecular flexibility index (Phi) is 66.7. The zero-order valence-corrected chi connectivity index (χ0v) is 113. The Labute approximate surface area is 688 Å². The Hall–Kier alpha value is 21.6. The Balaban J connectivity index is 0.000000448. The molecule has 2 aromatic heterocycles. The predicted octanol–water partition coefficient (Wildman–Crippen LogP) is 38.3. The molecule has 35 unspecified atom stereocenters. The number of hydrogen-bond acceptors (Lipinski definition) is 10. The van der Waals surface area contributed by atoms with Gasteiger partial charge in [0, 0.05) is 30.3 Å². The number of ether oxygens (including phenoxy) is 1. The smallest absolute Gasteiger partial charge is 0.270 e. The summed E-state index contributed by atoms with van der Waals surface area (Å²) in [6.07, 6.45) is 2.45. The van der Waals surface area contributed by atoms with Crippen LogP contribution in [0.1, 0.15) is 25.3 Å². The molecule has 1 aliphatic rings. The molecule has 1 aliphatic heterocycles. The van der Waals surface area contributed by atoms with Crippen molar-refractivity contribution in [2.24, 2.45) is 0 Å². The predicted molar refractivity (Wildman–Crippen MR) is 637 cm³/mol. The first kappa shape index (κ1) is 112. The van der Waals surface area contributed by atoms with Gasteiger partial charge in [-0.25, -0.2) is 18.4 Å². The van der Waals surface area contributed by atoms with Crippen molar-refractivity contribution < 1.29 is 22.0 Å². The van der Waals surface area contributed by atoms with Gasteiger partial charge in [-0.05, 0) is 245 Å².